The number of rotatable bonds is 2. The first-order valence-electron chi connectivity index (χ1n) is 4.90. The number of carbonyl (C=O) groups is 1. The predicted molar refractivity (Wildman–Crippen MR) is 58.4 cm³/mol. The molecule has 0 aliphatic carbocycles. The summed E-state index contributed by atoms with van der Waals surface area (Å²) < 4.78 is 0. The van der Waals surface area contributed by atoms with Crippen molar-refractivity contribution in [2.75, 3.05) is 17.6 Å². The van der Waals surface area contributed by atoms with Crippen LogP contribution in [0.15, 0.2) is 12.3 Å². The van der Waals surface area contributed by atoms with Crippen LogP contribution >= 0.6 is 0 Å². The molecule has 0 bridgehead atoms. The highest BCUT2D eigenvalue weighted by Crippen LogP contribution is 2.15. The molecule has 5 nitrogen and oxygen atoms in total. The minimum Gasteiger partial charge on any atom is -0.398 e. The van der Waals surface area contributed by atoms with Gasteiger partial charge in [0.2, 0.25) is 5.91 Å². The summed E-state index contributed by atoms with van der Waals surface area (Å²) in [6, 6.07) is 1.91. The van der Waals surface area contributed by atoms with Crippen molar-refractivity contribution >= 4 is 17.4 Å². The second-order valence-corrected chi connectivity index (χ2v) is 3.78. The fraction of sp³-hybridized carbons (Fsp3) is 0.400. The van der Waals surface area contributed by atoms with Gasteiger partial charge in [-0.1, -0.05) is 0 Å². The summed E-state index contributed by atoms with van der Waals surface area (Å²) in [5, 5.41) is 5.92. The van der Waals surface area contributed by atoms with Gasteiger partial charge >= 0.3 is 0 Å². The molecular formula is C10H14N4O. The van der Waals surface area contributed by atoms with Crippen LogP contribution in [0.5, 0.6) is 0 Å². The molecule has 15 heavy (non-hydrogen) atoms. The van der Waals surface area contributed by atoms with Gasteiger partial charge in [0.1, 0.15) is 5.82 Å². The van der Waals surface area contributed by atoms with Crippen molar-refractivity contribution in [3.05, 3.63) is 17.8 Å². The molecule has 2 heterocycles. The van der Waals surface area contributed by atoms with Gasteiger partial charge in [0, 0.05) is 30.9 Å². The van der Waals surface area contributed by atoms with E-state index < -0.39 is 0 Å². The number of aryl methyl sites for hydroxylation is 1. The molecular weight excluding hydrogens is 192 g/mol. The SMILES string of the molecule is Cc1cnc(NC2CNC(=O)C2)cc1N. The molecule has 1 aliphatic heterocycles. The first-order chi connectivity index (χ1) is 7.15. The minimum atomic E-state index is 0.0765. The van der Waals surface area contributed by atoms with Crippen LogP contribution in [0, 0.1) is 6.92 Å². The average molecular weight is 206 g/mol. The Morgan fingerprint density at radius 1 is 1.67 bits per heavy atom. The van der Waals surface area contributed by atoms with Gasteiger partial charge in [-0.05, 0) is 12.5 Å². The summed E-state index contributed by atoms with van der Waals surface area (Å²) in [5.74, 6) is 0.798. The van der Waals surface area contributed by atoms with Crippen LogP contribution in [0.1, 0.15) is 12.0 Å². The van der Waals surface area contributed by atoms with Crippen LogP contribution < -0.4 is 16.4 Å². The lowest BCUT2D eigenvalue weighted by Gasteiger charge is -2.11. The smallest absolute Gasteiger partial charge is 0.222 e. The monoisotopic (exact) mass is 206 g/mol. The van der Waals surface area contributed by atoms with E-state index in [1.54, 1.807) is 12.3 Å². The fourth-order valence-electron chi connectivity index (χ4n) is 1.53. The molecule has 2 rings (SSSR count). The Labute approximate surface area is 88.1 Å². The summed E-state index contributed by atoms with van der Waals surface area (Å²) >= 11 is 0. The van der Waals surface area contributed by atoms with Gasteiger partial charge in [0.25, 0.3) is 0 Å². The van der Waals surface area contributed by atoms with E-state index >= 15 is 0 Å². The Kier molecular flexibility index (Phi) is 2.45. The summed E-state index contributed by atoms with van der Waals surface area (Å²) in [5.41, 5.74) is 7.43. The third kappa shape index (κ3) is 2.18. The largest absolute Gasteiger partial charge is 0.398 e. The first kappa shape index (κ1) is 9.76. The zero-order chi connectivity index (χ0) is 10.8. The van der Waals surface area contributed by atoms with Crippen LogP contribution in [0.2, 0.25) is 0 Å². The van der Waals surface area contributed by atoms with Crippen LogP contribution in [0.4, 0.5) is 11.5 Å². The topological polar surface area (TPSA) is 80.0 Å². The molecule has 0 aromatic carbocycles. The Hall–Kier alpha value is -1.78. The average Bonchev–Trinajstić information content (AvgIpc) is 2.58. The molecule has 1 amide bonds. The van der Waals surface area contributed by atoms with Gasteiger partial charge in [0.05, 0.1) is 6.04 Å². The lowest BCUT2D eigenvalue weighted by molar-refractivity contribution is -0.119. The zero-order valence-electron chi connectivity index (χ0n) is 8.58. The number of anilines is 2. The molecule has 80 valence electrons. The number of nitrogen functional groups attached to an aromatic ring is 1. The molecule has 1 fully saturated rings. The van der Waals surface area contributed by atoms with Crippen molar-refractivity contribution in [3.8, 4) is 0 Å². The summed E-state index contributed by atoms with van der Waals surface area (Å²) in [4.78, 5) is 15.2. The number of pyridine rings is 1. The number of carbonyl (C=O) groups excluding carboxylic acids is 1. The van der Waals surface area contributed by atoms with Gasteiger partial charge in [0.15, 0.2) is 0 Å². The second-order valence-electron chi connectivity index (χ2n) is 3.78. The number of aromatic nitrogens is 1. The van der Waals surface area contributed by atoms with Crippen molar-refractivity contribution in [2.24, 2.45) is 0 Å². The number of hydrogen-bond donors (Lipinski definition) is 3. The molecule has 5 heteroatoms. The molecule has 1 aliphatic rings. The van der Waals surface area contributed by atoms with Gasteiger partial charge in [-0.15, -0.1) is 0 Å². The van der Waals surface area contributed by atoms with E-state index in [1.165, 1.54) is 0 Å². The molecule has 1 saturated heterocycles. The molecule has 4 N–H and O–H groups in total. The predicted octanol–water partition coefficient (Wildman–Crippen LogP) is 0.273. The molecule has 0 saturated carbocycles. The van der Waals surface area contributed by atoms with E-state index in [9.17, 15) is 4.79 Å². The maximum Gasteiger partial charge on any atom is 0.222 e. The third-order valence-corrected chi connectivity index (χ3v) is 2.47. The maximum absolute atomic E-state index is 11.0. The quantitative estimate of drug-likeness (QED) is 0.649. The lowest BCUT2D eigenvalue weighted by Crippen LogP contribution is -2.22. The highest BCUT2D eigenvalue weighted by Gasteiger charge is 2.21. The minimum absolute atomic E-state index is 0.0765. The fourth-order valence-corrected chi connectivity index (χ4v) is 1.53. The molecule has 0 spiro atoms. The standard InChI is InChI=1S/C10H14N4O/c1-6-4-12-9(3-8(6)11)14-7-2-10(15)13-5-7/h3-4,7H,2,5H2,1H3,(H,13,15)(H3,11,12,14). The molecule has 1 aromatic rings. The van der Waals surface area contributed by atoms with Crippen molar-refractivity contribution in [3.63, 3.8) is 0 Å². The molecule has 1 aromatic heterocycles. The van der Waals surface area contributed by atoms with Gasteiger partial charge in [-0.25, -0.2) is 4.98 Å². The van der Waals surface area contributed by atoms with Crippen LogP contribution in [-0.2, 0) is 4.79 Å². The number of amides is 1. The Morgan fingerprint density at radius 3 is 3.07 bits per heavy atom. The third-order valence-electron chi connectivity index (χ3n) is 2.47. The van der Waals surface area contributed by atoms with Crippen LogP contribution in [0.3, 0.4) is 0 Å². The van der Waals surface area contributed by atoms with E-state index in [1.807, 2.05) is 6.92 Å². The van der Waals surface area contributed by atoms with Crippen molar-refractivity contribution in [1.82, 2.24) is 10.3 Å². The highest BCUT2D eigenvalue weighted by molar-refractivity contribution is 5.79. The van der Waals surface area contributed by atoms with Gasteiger partial charge in [-0.2, -0.15) is 0 Å². The number of nitrogens with one attached hydrogen (secondary N) is 2. The van der Waals surface area contributed by atoms with Crippen molar-refractivity contribution < 1.29 is 4.79 Å². The molecule has 0 radical (unpaired) electrons. The molecule has 1 unspecified atom stereocenters. The van der Waals surface area contributed by atoms with Gasteiger partial charge in [-0.3, -0.25) is 4.79 Å². The maximum atomic E-state index is 11.0. The van der Waals surface area contributed by atoms with E-state index in [2.05, 4.69) is 15.6 Å². The Bertz CT molecular complexity index is 391. The normalized spacial score (nSPS) is 20.1. The zero-order valence-corrected chi connectivity index (χ0v) is 8.58. The number of hydrogen-bond acceptors (Lipinski definition) is 4. The first-order valence-corrected chi connectivity index (χ1v) is 4.90. The van der Waals surface area contributed by atoms with E-state index in [-0.39, 0.29) is 11.9 Å². The van der Waals surface area contributed by atoms with E-state index in [0.29, 0.717) is 18.7 Å². The Balaban J connectivity index is 2.05. The van der Waals surface area contributed by atoms with E-state index in [4.69, 9.17) is 5.73 Å². The van der Waals surface area contributed by atoms with Crippen molar-refractivity contribution in [1.29, 1.82) is 0 Å². The van der Waals surface area contributed by atoms with Crippen molar-refractivity contribution in [2.45, 2.75) is 19.4 Å². The Morgan fingerprint density at radius 2 is 2.47 bits per heavy atom. The summed E-state index contributed by atoms with van der Waals surface area (Å²) in [7, 11) is 0. The van der Waals surface area contributed by atoms with Gasteiger partial charge < -0.3 is 16.4 Å². The summed E-state index contributed by atoms with van der Waals surface area (Å²) in [6.07, 6.45) is 2.22. The summed E-state index contributed by atoms with van der Waals surface area (Å²) in [6.45, 7) is 2.56. The van der Waals surface area contributed by atoms with E-state index in [0.717, 1.165) is 11.4 Å². The lowest BCUT2D eigenvalue weighted by atomic mass is 10.2. The molecule has 1 atom stereocenters. The highest BCUT2D eigenvalue weighted by atomic mass is 16.1. The van der Waals surface area contributed by atoms with Crippen LogP contribution in [-0.4, -0.2) is 23.5 Å². The number of nitrogens with zero attached hydrogens (tertiary/aromatic N) is 1. The number of nitrogens with two attached hydrogens (primary N) is 1. The van der Waals surface area contributed by atoms with Crippen LogP contribution in [0.25, 0.3) is 0 Å². The second kappa shape index (κ2) is 3.76.